The Morgan fingerprint density at radius 1 is 1.41 bits per heavy atom. The molecule has 0 aliphatic carbocycles. The standard InChI is InChI=1S/C12H16BrN3O4S.ClH/c1-8-9(2)15(6-5-14-8)21(19,20)12-4-3-10(13)7-11(12)16(17)18;/h3-4,7-9,14H,5-6H2,1-2H3;1H. The van der Waals surface area contributed by atoms with Crippen molar-refractivity contribution >= 4 is 44.0 Å². The minimum Gasteiger partial charge on any atom is -0.311 e. The fourth-order valence-electron chi connectivity index (χ4n) is 2.34. The average molecular weight is 415 g/mol. The maximum absolute atomic E-state index is 12.8. The van der Waals surface area contributed by atoms with E-state index in [1.807, 2.05) is 6.92 Å². The van der Waals surface area contributed by atoms with Crippen LogP contribution in [0.4, 0.5) is 5.69 Å². The summed E-state index contributed by atoms with van der Waals surface area (Å²) >= 11 is 3.13. The highest BCUT2D eigenvalue weighted by Crippen LogP contribution is 2.31. The second-order valence-electron chi connectivity index (χ2n) is 4.97. The number of rotatable bonds is 3. The molecule has 2 unspecified atom stereocenters. The van der Waals surface area contributed by atoms with Gasteiger partial charge in [0.15, 0.2) is 4.90 Å². The van der Waals surface area contributed by atoms with Crippen LogP contribution in [0, 0.1) is 10.1 Å². The van der Waals surface area contributed by atoms with Gasteiger partial charge in [0.2, 0.25) is 10.0 Å². The van der Waals surface area contributed by atoms with Crippen LogP contribution in [0.2, 0.25) is 0 Å². The third-order valence-corrected chi connectivity index (χ3v) is 6.21. The Bertz CT molecular complexity index is 670. The van der Waals surface area contributed by atoms with Crippen molar-refractivity contribution in [1.82, 2.24) is 9.62 Å². The first-order chi connectivity index (χ1) is 9.75. The molecule has 1 fully saturated rings. The first-order valence-electron chi connectivity index (χ1n) is 6.44. The number of hydrogen-bond acceptors (Lipinski definition) is 5. The highest BCUT2D eigenvalue weighted by atomic mass is 79.9. The highest BCUT2D eigenvalue weighted by molar-refractivity contribution is 9.10. The van der Waals surface area contributed by atoms with Crippen molar-refractivity contribution in [1.29, 1.82) is 0 Å². The van der Waals surface area contributed by atoms with Crippen LogP contribution in [0.15, 0.2) is 27.6 Å². The molecule has 0 aromatic heterocycles. The maximum atomic E-state index is 12.8. The van der Waals surface area contributed by atoms with Gasteiger partial charge >= 0.3 is 0 Å². The van der Waals surface area contributed by atoms with E-state index in [4.69, 9.17) is 0 Å². The van der Waals surface area contributed by atoms with Crippen LogP contribution in [0.5, 0.6) is 0 Å². The molecular weight excluding hydrogens is 398 g/mol. The minimum absolute atomic E-state index is 0. The van der Waals surface area contributed by atoms with Gasteiger partial charge in [0, 0.05) is 35.7 Å². The summed E-state index contributed by atoms with van der Waals surface area (Å²) in [7, 11) is -3.91. The number of nitrogens with zero attached hydrogens (tertiary/aromatic N) is 2. The van der Waals surface area contributed by atoms with Gasteiger partial charge in [-0.3, -0.25) is 10.1 Å². The van der Waals surface area contributed by atoms with Crippen LogP contribution in [0.3, 0.4) is 0 Å². The molecule has 2 rings (SSSR count). The van der Waals surface area contributed by atoms with Crippen LogP contribution in [-0.4, -0.2) is 42.8 Å². The van der Waals surface area contributed by atoms with Gasteiger partial charge in [-0.25, -0.2) is 8.42 Å². The van der Waals surface area contributed by atoms with Crippen LogP contribution in [0.25, 0.3) is 0 Å². The Morgan fingerprint density at radius 2 is 2.05 bits per heavy atom. The molecule has 1 saturated heterocycles. The summed E-state index contributed by atoms with van der Waals surface area (Å²) in [6, 6.07) is 3.70. The van der Waals surface area contributed by atoms with Crippen molar-refractivity contribution in [3.63, 3.8) is 0 Å². The molecule has 1 aromatic carbocycles. The average Bonchev–Trinajstić information content (AvgIpc) is 2.41. The molecule has 0 radical (unpaired) electrons. The second-order valence-corrected chi connectivity index (χ2v) is 7.74. The Morgan fingerprint density at radius 3 is 2.64 bits per heavy atom. The van der Waals surface area contributed by atoms with Crippen LogP contribution >= 0.6 is 28.3 Å². The lowest BCUT2D eigenvalue weighted by atomic mass is 10.1. The van der Waals surface area contributed by atoms with E-state index in [-0.39, 0.29) is 29.4 Å². The van der Waals surface area contributed by atoms with Gasteiger partial charge in [-0.15, -0.1) is 12.4 Å². The molecule has 1 aromatic rings. The van der Waals surface area contributed by atoms with Gasteiger partial charge in [-0.05, 0) is 26.0 Å². The van der Waals surface area contributed by atoms with Crippen molar-refractivity contribution in [3.05, 3.63) is 32.8 Å². The largest absolute Gasteiger partial charge is 0.311 e. The van der Waals surface area contributed by atoms with Crippen LogP contribution in [0.1, 0.15) is 13.8 Å². The zero-order chi connectivity index (χ0) is 15.8. The van der Waals surface area contributed by atoms with E-state index >= 15 is 0 Å². The summed E-state index contributed by atoms with van der Waals surface area (Å²) in [5.74, 6) is 0. The summed E-state index contributed by atoms with van der Waals surface area (Å²) in [5.41, 5.74) is -0.414. The number of halogens is 2. The number of nitro groups is 1. The predicted octanol–water partition coefficient (Wildman–Crippen LogP) is 2.15. The fraction of sp³-hybridized carbons (Fsp3) is 0.500. The number of nitrogens with one attached hydrogen (secondary N) is 1. The summed E-state index contributed by atoms with van der Waals surface area (Å²) in [5, 5.41) is 14.3. The van der Waals surface area contributed by atoms with Gasteiger partial charge in [-0.2, -0.15) is 4.31 Å². The number of hydrogen-bond donors (Lipinski definition) is 1. The lowest BCUT2D eigenvalue weighted by Crippen LogP contribution is -2.57. The molecule has 124 valence electrons. The fourth-order valence-corrected chi connectivity index (χ4v) is 4.53. The van der Waals surface area contributed by atoms with Crippen molar-refractivity contribution in [2.45, 2.75) is 30.8 Å². The first-order valence-corrected chi connectivity index (χ1v) is 8.67. The van der Waals surface area contributed by atoms with E-state index in [2.05, 4.69) is 21.2 Å². The summed E-state index contributed by atoms with van der Waals surface area (Å²) in [6.45, 7) is 4.50. The number of piperazine rings is 1. The molecule has 0 amide bonds. The SMILES string of the molecule is CC1NCCN(S(=O)(=O)c2ccc(Br)cc2[N+](=O)[O-])C1C.Cl. The Labute approximate surface area is 143 Å². The van der Waals surface area contributed by atoms with Gasteiger partial charge in [-0.1, -0.05) is 15.9 Å². The number of sulfonamides is 1. The maximum Gasteiger partial charge on any atom is 0.290 e. The molecule has 7 nitrogen and oxygen atoms in total. The van der Waals surface area contributed by atoms with Gasteiger partial charge in [0.25, 0.3) is 5.69 Å². The molecule has 1 heterocycles. The molecule has 1 N–H and O–H groups in total. The predicted molar refractivity (Wildman–Crippen MR) is 88.9 cm³/mol. The molecule has 0 spiro atoms. The summed E-state index contributed by atoms with van der Waals surface area (Å²) in [4.78, 5) is 10.2. The Kier molecular flexibility index (Phi) is 6.34. The van der Waals surface area contributed by atoms with E-state index in [0.29, 0.717) is 17.6 Å². The third-order valence-electron chi connectivity index (χ3n) is 3.68. The van der Waals surface area contributed by atoms with Crippen LogP contribution < -0.4 is 5.32 Å². The third kappa shape index (κ3) is 3.60. The summed E-state index contributed by atoms with van der Waals surface area (Å²) < 4.78 is 27.3. The molecule has 1 aliphatic rings. The Balaban J connectivity index is 0.00000242. The highest BCUT2D eigenvalue weighted by Gasteiger charge is 2.37. The van der Waals surface area contributed by atoms with Gasteiger partial charge in [0.1, 0.15) is 0 Å². The van der Waals surface area contributed by atoms with E-state index < -0.39 is 20.6 Å². The zero-order valence-electron chi connectivity index (χ0n) is 12.0. The Hall–Kier alpha value is -0.740. The van der Waals surface area contributed by atoms with E-state index in [1.165, 1.54) is 22.5 Å². The van der Waals surface area contributed by atoms with E-state index in [1.54, 1.807) is 6.92 Å². The van der Waals surface area contributed by atoms with Gasteiger partial charge in [0.05, 0.1) is 4.92 Å². The van der Waals surface area contributed by atoms with Crippen LogP contribution in [-0.2, 0) is 10.0 Å². The van der Waals surface area contributed by atoms with Crippen molar-refractivity contribution in [2.75, 3.05) is 13.1 Å². The van der Waals surface area contributed by atoms with Gasteiger partial charge < -0.3 is 5.32 Å². The lowest BCUT2D eigenvalue weighted by molar-refractivity contribution is -0.387. The summed E-state index contributed by atoms with van der Waals surface area (Å²) in [6.07, 6.45) is 0. The monoisotopic (exact) mass is 413 g/mol. The topological polar surface area (TPSA) is 92.6 Å². The molecule has 1 aliphatic heterocycles. The lowest BCUT2D eigenvalue weighted by Gasteiger charge is -2.37. The quantitative estimate of drug-likeness (QED) is 0.604. The number of nitro benzene ring substituents is 1. The number of benzene rings is 1. The smallest absolute Gasteiger partial charge is 0.290 e. The zero-order valence-corrected chi connectivity index (χ0v) is 15.2. The van der Waals surface area contributed by atoms with Crippen molar-refractivity contribution in [3.8, 4) is 0 Å². The molecular formula is C12H17BrClN3O4S. The molecule has 0 saturated carbocycles. The normalized spacial score (nSPS) is 22.9. The minimum atomic E-state index is -3.91. The van der Waals surface area contributed by atoms with Crippen molar-refractivity contribution < 1.29 is 13.3 Å². The molecule has 22 heavy (non-hydrogen) atoms. The first kappa shape index (κ1) is 19.3. The second kappa shape index (κ2) is 7.22. The van der Waals surface area contributed by atoms with E-state index in [9.17, 15) is 18.5 Å². The molecule has 0 bridgehead atoms. The van der Waals surface area contributed by atoms with E-state index in [0.717, 1.165) is 0 Å². The molecule has 2 atom stereocenters. The van der Waals surface area contributed by atoms with Crippen molar-refractivity contribution in [2.24, 2.45) is 0 Å². The molecule has 10 heteroatoms.